The molecule has 0 saturated carbocycles. The quantitative estimate of drug-likeness (QED) is 0.887. The summed E-state index contributed by atoms with van der Waals surface area (Å²) in [6.45, 7) is 4.08. The minimum Gasteiger partial charge on any atom is -0.339 e. The first-order valence-corrected chi connectivity index (χ1v) is 6.69. The fourth-order valence-electron chi connectivity index (χ4n) is 1.63. The summed E-state index contributed by atoms with van der Waals surface area (Å²) in [6, 6.07) is 4.17. The highest BCUT2D eigenvalue weighted by Gasteiger charge is 2.19. The molecule has 0 aliphatic carbocycles. The highest BCUT2D eigenvalue weighted by Crippen LogP contribution is 2.19. The number of nitrogens with zero attached hydrogens (tertiary/aromatic N) is 2. The van der Waals surface area contributed by atoms with Gasteiger partial charge in [0, 0.05) is 17.3 Å². The molecule has 2 heterocycles. The van der Waals surface area contributed by atoms with Gasteiger partial charge in [0.2, 0.25) is 5.89 Å². The maximum atomic E-state index is 5.97. The maximum absolute atomic E-state index is 5.97. The van der Waals surface area contributed by atoms with Crippen LogP contribution in [-0.2, 0) is 6.42 Å². The van der Waals surface area contributed by atoms with Crippen LogP contribution in [0, 0.1) is 0 Å². The van der Waals surface area contributed by atoms with E-state index in [9.17, 15) is 0 Å². The van der Waals surface area contributed by atoms with Crippen LogP contribution in [-0.4, -0.2) is 16.2 Å². The number of aromatic nitrogens is 2. The molecule has 0 radical (unpaired) electrons. The minimum absolute atomic E-state index is 0.0741. The Balaban J connectivity index is 2.05. The molecule has 5 heteroatoms. The van der Waals surface area contributed by atoms with E-state index in [1.165, 1.54) is 4.88 Å². The lowest BCUT2D eigenvalue weighted by Crippen LogP contribution is -2.25. The zero-order valence-corrected chi connectivity index (χ0v) is 10.9. The van der Waals surface area contributed by atoms with Crippen LogP contribution in [0.2, 0.25) is 0 Å². The average molecular weight is 251 g/mol. The Bertz CT molecular complexity index is 452. The van der Waals surface area contributed by atoms with E-state index >= 15 is 0 Å². The standard InChI is InChI=1S/C12H17N3OS/c1-3-10(13)8(2)12-14-11(15-16-12)7-9-5-4-6-17-9/h4-6,8,10H,3,7,13H2,1-2H3. The molecule has 0 aliphatic rings. The number of rotatable bonds is 5. The lowest BCUT2D eigenvalue weighted by Gasteiger charge is -2.13. The summed E-state index contributed by atoms with van der Waals surface area (Å²) in [7, 11) is 0. The van der Waals surface area contributed by atoms with E-state index in [-0.39, 0.29) is 12.0 Å². The van der Waals surface area contributed by atoms with E-state index in [2.05, 4.69) is 23.1 Å². The zero-order chi connectivity index (χ0) is 12.3. The van der Waals surface area contributed by atoms with Crippen LogP contribution in [0.15, 0.2) is 22.0 Å². The molecule has 0 bridgehead atoms. The van der Waals surface area contributed by atoms with Gasteiger partial charge in [-0.2, -0.15) is 4.98 Å². The van der Waals surface area contributed by atoms with Gasteiger partial charge >= 0.3 is 0 Å². The van der Waals surface area contributed by atoms with Gasteiger partial charge < -0.3 is 10.3 Å². The smallest absolute Gasteiger partial charge is 0.231 e. The molecule has 2 aromatic heterocycles. The summed E-state index contributed by atoms with van der Waals surface area (Å²) in [6.07, 6.45) is 1.64. The first kappa shape index (κ1) is 12.3. The summed E-state index contributed by atoms with van der Waals surface area (Å²) in [5.41, 5.74) is 5.97. The third-order valence-electron chi connectivity index (χ3n) is 2.90. The Morgan fingerprint density at radius 1 is 1.53 bits per heavy atom. The van der Waals surface area contributed by atoms with Gasteiger partial charge in [0.05, 0.1) is 5.92 Å². The van der Waals surface area contributed by atoms with E-state index < -0.39 is 0 Å². The molecule has 2 aromatic rings. The fraction of sp³-hybridized carbons (Fsp3) is 0.500. The van der Waals surface area contributed by atoms with Crippen molar-refractivity contribution in [3.63, 3.8) is 0 Å². The van der Waals surface area contributed by atoms with Gasteiger partial charge in [-0.3, -0.25) is 0 Å². The monoisotopic (exact) mass is 251 g/mol. The van der Waals surface area contributed by atoms with E-state index in [1.54, 1.807) is 11.3 Å². The van der Waals surface area contributed by atoms with Crippen molar-refractivity contribution in [2.75, 3.05) is 0 Å². The van der Waals surface area contributed by atoms with E-state index in [4.69, 9.17) is 10.3 Å². The molecular formula is C12H17N3OS. The second-order valence-electron chi connectivity index (χ2n) is 4.17. The molecule has 4 nitrogen and oxygen atoms in total. The third kappa shape index (κ3) is 2.92. The minimum atomic E-state index is 0.0741. The molecule has 0 spiro atoms. The predicted molar refractivity (Wildman–Crippen MR) is 68.1 cm³/mol. The van der Waals surface area contributed by atoms with Crippen LogP contribution in [0.4, 0.5) is 0 Å². The van der Waals surface area contributed by atoms with E-state index in [0.717, 1.165) is 18.7 Å². The van der Waals surface area contributed by atoms with Crippen LogP contribution >= 0.6 is 11.3 Å². The van der Waals surface area contributed by atoms with Gasteiger partial charge in [0.15, 0.2) is 5.82 Å². The Hall–Kier alpha value is -1.20. The van der Waals surface area contributed by atoms with Crippen molar-refractivity contribution in [3.05, 3.63) is 34.1 Å². The molecule has 92 valence electrons. The van der Waals surface area contributed by atoms with Gasteiger partial charge in [0.25, 0.3) is 0 Å². The van der Waals surface area contributed by atoms with Crippen LogP contribution in [0.25, 0.3) is 0 Å². The Morgan fingerprint density at radius 2 is 2.35 bits per heavy atom. The molecule has 0 amide bonds. The molecule has 0 fully saturated rings. The molecule has 0 saturated heterocycles. The molecule has 2 rings (SSSR count). The molecule has 2 unspecified atom stereocenters. The number of thiophene rings is 1. The number of nitrogens with two attached hydrogens (primary N) is 1. The van der Waals surface area contributed by atoms with Crippen molar-refractivity contribution in [2.24, 2.45) is 5.73 Å². The van der Waals surface area contributed by atoms with Crippen molar-refractivity contribution in [1.29, 1.82) is 0 Å². The van der Waals surface area contributed by atoms with Crippen LogP contribution in [0.1, 0.15) is 42.8 Å². The summed E-state index contributed by atoms with van der Waals surface area (Å²) in [4.78, 5) is 5.64. The van der Waals surface area contributed by atoms with Gasteiger partial charge in [-0.25, -0.2) is 0 Å². The van der Waals surface area contributed by atoms with E-state index in [0.29, 0.717) is 5.89 Å². The molecule has 0 aromatic carbocycles. The molecule has 2 N–H and O–H groups in total. The lowest BCUT2D eigenvalue weighted by molar-refractivity contribution is 0.337. The molecule has 2 atom stereocenters. The van der Waals surface area contributed by atoms with Gasteiger partial charge in [-0.1, -0.05) is 25.1 Å². The van der Waals surface area contributed by atoms with Crippen LogP contribution in [0.3, 0.4) is 0 Å². The molecular weight excluding hydrogens is 234 g/mol. The Morgan fingerprint density at radius 3 is 3.00 bits per heavy atom. The Labute approximate surface area is 105 Å². The summed E-state index contributed by atoms with van der Waals surface area (Å²) < 4.78 is 5.26. The highest BCUT2D eigenvalue weighted by atomic mass is 32.1. The first-order chi connectivity index (χ1) is 8.20. The largest absolute Gasteiger partial charge is 0.339 e. The summed E-state index contributed by atoms with van der Waals surface area (Å²) in [5, 5.41) is 6.04. The Kier molecular flexibility index (Phi) is 3.91. The lowest BCUT2D eigenvalue weighted by atomic mass is 10.0. The summed E-state index contributed by atoms with van der Waals surface area (Å²) >= 11 is 1.70. The third-order valence-corrected chi connectivity index (χ3v) is 3.78. The first-order valence-electron chi connectivity index (χ1n) is 5.81. The fourth-order valence-corrected chi connectivity index (χ4v) is 2.33. The van der Waals surface area contributed by atoms with Crippen molar-refractivity contribution in [2.45, 2.75) is 38.6 Å². The van der Waals surface area contributed by atoms with Gasteiger partial charge in [-0.05, 0) is 17.9 Å². The van der Waals surface area contributed by atoms with Crippen molar-refractivity contribution >= 4 is 11.3 Å². The van der Waals surface area contributed by atoms with Crippen molar-refractivity contribution < 1.29 is 4.52 Å². The topological polar surface area (TPSA) is 64.9 Å². The van der Waals surface area contributed by atoms with Crippen molar-refractivity contribution in [1.82, 2.24) is 10.1 Å². The summed E-state index contributed by atoms with van der Waals surface area (Å²) in [5.74, 6) is 1.49. The van der Waals surface area contributed by atoms with Crippen LogP contribution < -0.4 is 5.73 Å². The average Bonchev–Trinajstić information content (AvgIpc) is 2.99. The predicted octanol–water partition coefficient (Wildman–Crippen LogP) is 2.56. The maximum Gasteiger partial charge on any atom is 0.231 e. The number of hydrogen-bond acceptors (Lipinski definition) is 5. The second-order valence-corrected chi connectivity index (χ2v) is 5.20. The highest BCUT2D eigenvalue weighted by molar-refractivity contribution is 7.09. The SMILES string of the molecule is CCC(N)C(C)c1nc(Cc2cccs2)no1. The van der Waals surface area contributed by atoms with Crippen LogP contribution in [0.5, 0.6) is 0 Å². The molecule has 0 aliphatic heterocycles. The van der Waals surface area contributed by atoms with Gasteiger partial charge in [0.1, 0.15) is 0 Å². The zero-order valence-electron chi connectivity index (χ0n) is 10.1. The second kappa shape index (κ2) is 5.42. The molecule has 17 heavy (non-hydrogen) atoms. The van der Waals surface area contributed by atoms with Crippen molar-refractivity contribution in [3.8, 4) is 0 Å². The number of hydrogen-bond donors (Lipinski definition) is 1. The normalized spacial score (nSPS) is 14.8. The van der Waals surface area contributed by atoms with Gasteiger partial charge in [-0.15, -0.1) is 11.3 Å². The van der Waals surface area contributed by atoms with E-state index in [1.807, 2.05) is 18.4 Å².